The maximum atomic E-state index is 12.6. The van der Waals surface area contributed by atoms with Crippen LogP contribution in [0.15, 0.2) is 36.7 Å². The Morgan fingerprint density at radius 1 is 1.20 bits per heavy atom. The number of carbonyl (C=O) groups is 1. The van der Waals surface area contributed by atoms with Crippen molar-refractivity contribution in [3.05, 3.63) is 53.3 Å². The topological polar surface area (TPSA) is 97.8 Å². The number of hydrogen-bond acceptors (Lipinski definition) is 5. The van der Waals surface area contributed by atoms with Crippen molar-refractivity contribution in [3.8, 4) is 34.2 Å². The maximum absolute atomic E-state index is 12.6. The summed E-state index contributed by atoms with van der Waals surface area (Å²) in [6, 6.07) is 10.2. The number of nitrogens with zero attached hydrogens (tertiary/aromatic N) is 5. The molecule has 1 aliphatic heterocycles. The van der Waals surface area contributed by atoms with Crippen LogP contribution in [0.2, 0.25) is 0 Å². The molecular formula is C27H26N6O2. The van der Waals surface area contributed by atoms with E-state index in [2.05, 4.69) is 23.4 Å². The van der Waals surface area contributed by atoms with Crippen LogP contribution in [0.5, 0.6) is 5.75 Å². The number of nitriles is 1. The average Bonchev–Trinajstić information content (AvgIpc) is 3.43. The third kappa shape index (κ3) is 3.55. The van der Waals surface area contributed by atoms with Crippen LogP contribution in [0.1, 0.15) is 47.2 Å². The fourth-order valence-corrected chi connectivity index (χ4v) is 5.10. The van der Waals surface area contributed by atoms with Gasteiger partial charge in [-0.3, -0.25) is 14.2 Å². The first kappa shape index (κ1) is 21.4. The van der Waals surface area contributed by atoms with Gasteiger partial charge >= 0.3 is 0 Å². The summed E-state index contributed by atoms with van der Waals surface area (Å²) in [6.07, 6.45) is 6.45. The van der Waals surface area contributed by atoms with E-state index in [9.17, 15) is 10.1 Å². The van der Waals surface area contributed by atoms with Crippen molar-refractivity contribution in [1.29, 1.82) is 5.26 Å². The van der Waals surface area contributed by atoms with E-state index in [0.717, 1.165) is 51.3 Å². The summed E-state index contributed by atoms with van der Waals surface area (Å²) in [7, 11) is 3.45. The van der Waals surface area contributed by atoms with Crippen LogP contribution in [-0.2, 0) is 13.6 Å². The van der Waals surface area contributed by atoms with Crippen molar-refractivity contribution < 1.29 is 9.53 Å². The zero-order chi connectivity index (χ0) is 24.3. The van der Waals surface area contributed by atoms with E-state index < -0.39 is 0 Å². The third-order valence-electron chi connectivity index (χ3n) is 7.12. The molecular weight excluding hydrogens is 440 g/mol. The van der Waals surface area contributed by atoms with E-state index in [1.54, 1.807) is 11.8 Å². The summed E-state index contributed by atoms with van der Waals surface area (Å²) in [4.78, 5) is 12.6. The van der Waals surface area contributed by atoms with Gasteiger partial charge in [0, 0.05) is 42.8 Å². The van der Waals surface area contributed by atoms with Crippen molar-refractivity contribution in [2.75, 3.05) is 13.7 Å². The highest BCUT2D eigenvalue weighted by Crippen LogP contribution is 2.40. The zero-order valence-electron chi connectivity index (χ0n) is 20.0. The molecule has 8 nitrogen and oxygen atoms in total. The molecule has 0 bridgehead atoms. The Bertz CT molecular complexity index is 1540. The first-order valence-electron chi connectivity index (χ1n) is 11.9. The Morgan fingerprint density at radius 3 is 2.77 bits per heavy atom. The molecule has 4 aromatic rings. The van der Waals surface area contributed by atoms with E-state index in [-0.39, 0.29) is 11.8 Å². The van der Waals surface area contributed by atoms with E-state index >= 15 is 0 Å². The number of amides is 1. The van der Waals surface area contributed by atoms with Crippen LogP contribution in [-0.4, -0.2) is 39.1 Å². The Kier molecular flexibility index (Phi) is 4.88. The fourth-order valence-electron chi connectivity index (χ4n) is 5.10. The van der Waals surface area contributed by atoms with E-state index in [1.807, 2.05) is 48.4 Å². The van der Waals surface area contributed by atoms with Crippen LogP contribution in [0.4, 0.5) is 0 Å². The molecule has 3 heterocycles. The lowest BCUT2D eigenvalue weighted by atomic mass is 9.88. The smallest absolute Gasteiger partial charge is 0.255 e. The number of benzene rings is 2. The van der Waals surface area contributed by atoms with Gasteiger partial charge in [-0.05, 0) is 60.1 Å². The van der Waals surface area contributed by atoms with Crippen molar-refractivity contribution >= 4 is 16.8 Å². The molecule has 0 unspecified atom stereocenters. The van der Waals surface area contributed by atoms with Crippen LogP contribution in [0.25, 0.3) is 33.3 Å². The molecule has 2 aromatic carbocycles. The van der Waals surface area contributed by atoms with E-state index in [4.69, 9.17) is 9.84 Å². The second kappa shape index (κ2) is 7.98. The number of aromatic nitrogens is 4. The highest BCUT2D eigenvalue weighted by Gasteiger charge is 2.28. The molecule has 1 fully saturated rings. The monoisotopic (exact) mass is 466 g/mol. The fraction of sp³-hybridized carbons (Fsp3) is 0.333. The lowest BCUT2D eigenvalue weighted by Crippen LogP contribution is -2.34. The molecule has 1 aliphatic carbocycles. The number of ether oxygens (including phenoxy) is 1. The normalized spacial score (nSPS) is 17.2. The molecule has 1 saturated carbocycles. The molecule has 2 aliphatic rings. The SMILES string of the molecule is COc1cc(-c2c3c(C#N)cc(-c4cnn(CC5CC5)c4)cc3nn2C)cc2c1C(=O)NC[C@@H]2C. The second-order valence-corrected chi connectivity index (χ2v) is 9.65. The molecule has 1 atom stereocenters. The van der Waals surface area contributed by atoms with Gasteiger partial charge in [-0.15, -0.1) is 0 Å². The summed E-state index contributed by atoms with van der Waals surface area (Å²) in [5, 5.41) is 23.1. The minimum absolute atomic E-state index is 0.124. The lowest BCUT2D eigenvalue weighted by molar-refractivity contribution is 0.0938. The number of hydrogen-bond donors (Lipinski definition) is 1. The second-order valence-electron chi connectivity index (χ2n) is 9.65. The molecule has 35 heavy (non-hydrogen) atoms. The van der Waals surface area contributed by atoms with Gasteiger partial charge in [-0.1, -0.05) is 6.92 Å². The van der Waals surface area contributed by atoms with Crippen molar-refractivity contribution in [2.45, 2.75) is 32.2 Å². The Morgan fingerprint density at radius 2 is 2.03 bits per heavy atom. The first-order chi connectivity index (χ1) is 17.0. The lowest BCUT2D eigenvalue weighted by Gasteiger charge is -2.25. The highest BCUT2D eigenvalue weighted by molar-refractivity contribution is 6.03. The third-order valence-corrected chi connectivity index (χ3v) is 7.12. The summed E-state index contributed by atoms with van der Waals surface area (Å²) >= 11 is 0. The largest absolute Gasteiger partial charge is 0.496 e. The van der Waals surface area contributed by atoms with Gasteiger partial charge < -0.3 is 10.1 Å². The summed E-state index contributed by atoms with van der Waals surface area (Å²) in [5.74, 6) is 1.28. The Labute approximate surface area is 203 Å². The number of fused-ring (bicyclic) bond motifs is 2. The highest BCUT2D eigenvalue weighted by atomic mass is 16.5. The van der Waals surface area contributed by atoms with Gasteiger partial charge in [0.25, 0.3) is 5.91 Å². The number of aryl methyl sites for hydroxylation is 1. The predicted molar refractivity (Wildman–Crippen MR) is 132 cm³/mol. The molecule has 176 valence electrons. The minimum atomic E-state index is -0.124. The number of methoxy groups -OCH3 is 1. The van der Waals surface area contributed by atoms with Crippen molar-refractivity contribution in [3.63, 3.8) is 0 Å². The van der Waals surface area contributed by atoms with Crippen LogP contribution >= 0.6 is 0 Å². The molecule has 8 heteroatoms. The summed E-state index contributed by atoms with van der Waals surface area (Å²) < 4.78 is 9.42. The van der Waals surface area contributed by atoms with E-state index in [0.29, 0.717) is 23.4 Å². The standard InChI is InChI=1S/C27H26N6O2/c1-15-11-29-27(34)25-21(15)7-18(9-23(25)35-3)26-24-19(10-28)6-17(8-22(24)31-32(26)2)20-12-30-33(14-20)13-16-4-5-16/h6-9,12,14-16H,4-5,11,13H2,1-3H3,(H,29,34)/t15-/m0/s1. The maximum Gasteiger partial charge on any atom is 0.255 e. The van der Waals surface area contributed by atoms with Gasteiger partial charge in [-0.2, -0.15) is 15.5 Å². The number of carbonyl (C=O) groups excluding carboxylic acids is 1. The average molecular weight is 467 g/mol. The number of rotatable bonds is 5. The summed E-state index contributed by atoms with van der Waals surface area (Å²) in [5.41, 5.74) is 6.41. The van der Waals surface area contributed by atoms with Crippen molar-refractivity contribution in [1.82, 2.24) is 24.9 Å². The predicted octanol–water partition coefficient (Wildman–Crippen LogP) is 4.24. The quantitative estimate of drug-likeness (QED) is 0.474. The Hall–Kier alpha value is -4.12. The first-order valence-corrected chi connectivity index (χ1v) is 11.9. The molecule has 2 aromatic heterocycles. The molecule has 0 radical (unpaired) electrons. The van der Waals surface area contributed by atoms with Crippen LogP contribution in [0, 0.1) is 17.2 Å². The van der Waals surface area contributed by atoms with Gasteiger partial charge in [-0.25, -0.2) is 0 Å². The molecule has 6 rings (SSSR count). The Balaban J connectivity index is 1.50. The van der Waals surface area contributed by atoms with Gasteiger partial charge in [0.05, 0.1) is 41.7 Å². The summed E-state index contributed by atoms with van der Waals surface area (Å²) in [6.45, 7) is 3.60. The molecule has 1 amide bonds. The molecule has 1 N–H and O–H groups in total. The minimum Gasteiger partial charge on any atom is -0.496 e. The van der Waals surface area contributed by atoms with Crippen molar-refractivity contribution in [2.24, 2.45) is 13.0 Å². The molecule has 0 saturated heterocycles. The van der Waals surface area contributed by atoms with E-state index in [1.165, 1.54) is 12.8 Å². The van der Waals surface area contributed by atoms with Crippen LogP contribution < -0.4 is 10.1 Å². The molecule has 0 spiro atoms. The van der Waals surface area contributed by atoms with Gasteiger partial charge in [0.2, 0.25) is 0 Å². The zero-order valence-corrected chi connectivity index (χ0v) is 20.0. The number of nitrogens with one attached hydrogen (secondary N) is 1. The van der Waals surface area contributed by atoms with Gasteiger partial charge in [0.15, 0.2) is 0 Å². The van der Waals surface area contributed by atoms with Gasteiger partial charge in [0.1, 0.15) is 5.75 Å². The van der Waals surface area contributed by atoms with Crippen LogP contribution in [0.3, 0.4) is 0 Å².